The Labute approximate surface area is 110 Å². The smallest absolute Gasteiger partial charge is 0.144 e. The number of nitrogens with one attached hydrogen (secondary N) is 1. The fourth-order valence-corrected chi connectivity index (χ4v) is 3.35. The number of hydrogen-bond donors (Lipinski definition) is 1. The summed E-state index contributed by atoms with van der Waals surface area (Å²) < 4.78 is 0.953. The Morgan fingerprint density at radius 2 is 2.24 bits per heavy atom. The van der Waals surface area contributed by atoms with Gasteiger partial charge >= 0.3 is 0 Å². The van der Waals surface area contributed by atoms with Gasteiger partial charge in [0.15, 0.2) is 0 Å². The number of rotatable bonds is 2. The van der Waals surface area contributed by atoms with Gasteiger partial charge in [-0.05, 0) is 41.7 Å². The minimum atomic E-state index is 0.543. The van der Waals surface area contributed by atoms with Gasteiger partial charge in [-0.1, -0.05) is 6.42 Å². The average molecular weight is 297 g/mol. The van der Waals surface area contributed by atoms with Crippen LogP contribution in [0.2, 0.25) is 0 Å². The predicted octanol–water partition coefficient (Wildman–Crippen LogP) is 2.28. The highest BCUT2D eigenvalue weighted by atomic mass is 79.9. The van der Waals surface area contributed by atoms with Gasteiger partial charge in [-0.15, -0.1) is 0 Å². The molecule has 3 heterocycles. The summed E-state index contributed by atoms with van der Waals surface area (Å²) in [6, 6.07) is 1.24. The second kappa shape index (κ2) is 4.90. The van der Waals surface area contributed by atoms with E-state index in [1.807, 2.05) is 0 Å². The molecule has 0 aromatic carbocycles. The normalized spacial score (nSPS) is 29.0. The summed E-state index contributed by atoms with van der Waals surface area (Å²) in [5.41, 5.74) is 0. The summed E-state index contributed by atoms with van der Waals surface area (Å²) in [6.45, 7) is 2.50. The third kappa shape index (κ3) is 2.31. The number of hydrogen-bond acceptors (Lipinski definition) is 4. The lowest BCUT2D eigenvalue weighted by Crippen LogP contribution is -2.41. The van der Waals surface area contributed by atoms with E-state index in [0.717, 1.165) is 10.3 Å². The van der Waals surface area contributed by atoms with Gasteiger partial charge in [0.25, 0.3) is 0 Å². The molecule has 3 rings (SSSR count). The molecule has 1 aromatic rings. The van der Waals surface area contributed by atoms with E-state index in [9.17, 15) is 0 Å². The first-order valence-corrected chi connectivity index (χ1v) is 7.10. The minimum absolute atomic E-state index is 0.543. The number of fused-ring (bicyclic) bond motifs is 1. The first kappa shape index (κ1) is 11.4. The Kier molecular flexibility index (Phi) is 3.29. The molecule has 2 aliphatic rings. The van der Waals surface area contributed by atoms with Crippen molar-refractivity contribution in [1.29, 1.82) is 0 Å². The van der Waals surface area contributed by atoms with Crippen LogP contribution in [0.4, 0.5) is 5.82 Å². The van der Waals surface area contributed by atoms with Gasteiger partial charge < -0.3 is 5.32 Å². The number of anilines is 1. The van der Waals surface area contributed by atoms with E-state index in [4.69, 9.17) is 0 Å². The van der Waals surface area contributed by atoms with Gasteiger partial charge in [0.2, 0.25) is 0 Å². The molecule has 0 spiro atoms. The number of nitrogens with zero attached hydrogens (tertiary/aromatic N) is 3. The van der Waals surface area contributed by atoms with Crippen LogP contribution in [0.3, 0.4) is 0 Å². The van der Waals surface area contributed by atoms with E-state index in [1.54, 1.807) is 12.5 Å². The fourth-order valence-electron chi connectivity index (χ4n) is 3.01. The van der Waals surface area contributed by atoms with E-state index in [0.29, 0.717) is 12.1 Å². The maximum absolute atomic E-state index is 4.29. The highest BCUT2D eigenvalue weighted by Gasteiger charge is 2.35. The van der Waals surface area contributed by atoms with Gasteiger partial charge in [0.1, 0.15) is 12.1 Å². The van der Waals surface area contributed by atoms with Crippen molar-refractivity contribution in [3.8, 4) is 0 Å². The van der Waals surface area contributed by atoms with Crippen molar-refractivity contribution in [2.75, 3.05) is 18.4 Å². The summed E-state index contributed by atoms with van der Waals surface area (Å²) in [5, 5.41) is 3.57. The molecule has 17 heavy (non-hydrogen) atoms. The summed E-state index contributed by atoms with van der Waals surface area (Å²) in [6.07, 6.45) is 8.66. The maximum Gasteiger partial charge on any atom is 0.144 e. The van der Waals surface area contributed by atoms with Crippen LogP contribution >= 0.6 is 15.9 Å². The molecule has 0 bridgehead atoms. The molecule has 2 aliphatic heterocycles. The molecule has 2 saturated heterocycles. The maximum atomic E-state index is 4.29. The van der Waals surface area contributed by atoms with Crippen LogP contribution < -0.4 is 5.32 Å². The van der Waals surface area contributed by atoms with Gasteiger partial charge in [0, 0.05) is 24.8 Å². The molecule has 92 valence electrons. The topological polar surface area (TPSA) is 41.1 Å². The first-order valence-electron chi connectivity index (χ1n) is 6.31. The van der Waals surface area contributed by atoms with Crippen molar-refractivity contribution in [1.82, 2.24) is 14.9 Å². The van der Waals surface area contributed by atoms with E-state index in [-0.39, 0.29) is 0 Å². The monoisotopic (exact) mass is 296 g/mol. The number of halogens is 1. The molecule has 5 heteroatoms. The standard InChI is InChI=1S/C12H17BrN4/c13-9-7-14-8-15-12(9)16-10-4-6-17-5-2-1-3-11(10)17/h7-8,10-11H,1-6H2,(H,14,15,16). The van der Waals surface area contributed by atoms with Crippen LogP contribution in [0.1, 0.15) is 25.7 Å². The van der Waals surface area contributed by atoms with Crippen molar-refractivity contribution >= 4 is 21.7 Å². The summed E-state index contributed by atoms with van der Waals surface area (Å²) in [7, 11) is 0. The summed E-state index contributed by atoms with van der Waals surface area (Å²) >= 11 is 3.49. The second-order valence-electron chi connectivity index (χ2n) is 4.86. The molecular formula is C12H17BrN4. The highest BCUT2D eigenvalue weighted by molar-refractivity contribution is 9.10. The van der Waals surface area contributed by atoms with Crippen LogP contribution in [-0.4, -0.2) is 40.0 Å². The SMILES string of the molecule is Brc1cncnc1NC1CCN2CCCCC12. The van der Waals surface area contributed by atoms with Gasteiger partial charge in [-0.3, -0.25) is 4.90 Å². The minimum Gasteiger partial charge on any atom is -0.365 e. The van der Waals surface area contributed by atoms with Gasteiger partial charge in [-0.2, -0.15) is 0 Å². The second-order valence-corrected chi connectivity index (χ2v) is 5.71. The van der Waals surface area contributed by atoms with Crippen LogP contribution in [0.5, 0.6) is 0 Å². The largest absolute Gasteiger partial charge is 0.365 e. The lowest BCUT2D eigenvalue weighted by atomic mass is 9.99. The average Bonchev–Trinajstić information content (AvgIpc) is 2.76. The summed E-state index contributed by atoms with van der Waals surface area (Å²) in [4.78, 5) is 10.9. The zero-order valence-corrected chi connectivity index (χ0v) is 11.4. The first-order chi connectivity index (χ1) is 8.34. The van der Waals surface area contributed by atoms with Crippen molar-refractivity contribution in [3.63, 3.8) is 0 Å². The van der Waals surface area contributed by atoms with Crippen LogP contribution in [0.25, 0.3) is 0 Å². The van der Waals surface area contributed by atoms with Crippen molar-refractivity contribution in [2.45, 2.75) is 37.8 Å². The van der Waals surface area contributed by atoms with E-state index in [1.165, 1.54) is 38.8 Å². The van der Waals surface area contributed by atoms with Crippen LogP contribution in [0, 0.1) is 0 Å². The van der Waals surface area contributed by atoms with E-state index >= 15 is 0 Å². The third-order valence-electron chi connectivity index (χ3n) is 3.85. The van der Waals surface area contributed by atoms with Crippen molar-refractivity contribution < 1.29 is 0 Å². The molecule has 2 fully saturated rings. The molecular weight excluding hydrogens is 280 g/mol. The fraction of sp³-hybridized carbons (Fsp3) is 0.667. The zero-order valence-electron chi connectivity index (χ0n) is 9.77. The van der Waals surface area contributed by atoms with Gasteiger partial charge in [0.05, 0.1) is 4.47 Å². The molecule has 4 nitrogen and oxygen atoms in total. The molecule has 1 aromatic heterocycles. The number of aromatic nitrogens is 2. The Hall–Kier alpha value is -0.680. The van der Waals surface area contributed by atoms with Crippen molar-refractivity contribution in [3.05, 3.63) is 17.0 Å². The third-order valence-corrected chi connectivity index (χ3v) is 4.43. The Bertz CT molecular complexity index is 398. The lowest BCUT2D eigenvalue weighted by molar-refractivity contribution is 0.192. The molecule has 0 radical (unpaired) electrons. The molecule has 0 aliphatic carbocycles. The lowest BCUT2D eigenvalue weighted by Gasteiger charge is -2.32. The van der Waals surface area contributed by atoms with Crippen molar-refractivity contribution in [2.24, 2.45) is 0 Å². The van der Waals surface area contributed by atoms with E-state index in [2.05, 4.69) is 36.1 Å². The Morgan fingerprint density at radius 1 is 1.29 bits per heavy atom. The predicted molar refractivity (Wildman–Crippen MR) is 71.0 cm³/mol. The van der Waals surface area contributed by atoms with Gasteiger partial charge in [-0.25, -0.2) is 9.97 Å². The quantitative estimate of drug-likeness (QED) is 0.909. The molecule has 0 saturated carbocycles. The molecule has 2 atom stereocenters. The van der Waals surface area contributed by atoms with Crippen LogP contribution in [0.15, 0.2) is 17.0 Å². The Balaban J connectivity index is 1.71. The Morgan fingerprint density at radius 3 is 3.12 bits per heavy atom. The van der Waals surface area contributed by atoms with E-state index < -0.39 is 0 Å². The molecule has 2 unspecified atom stereocenters. The summed E-state index contributed by atoms with van der Waals surface area (Å²) in [5.74, 6) is 0.928. The highest BCUT2D eigenvalue weighted by Crippen LogP contribution is 2.30. The zero-order chi connectivity index (χ0) is 11.7. The molecule has 0 amide bonds. The molecule has 1 N–H and O–H groups in total. The van der Waals surface area contributed by atoms with Crippen LogP contribution in [-0.2, 0) is 0 Å². The number of piperidine rings is 1.